The number of hydrogen-bond donors (Lipinski definition) is 2. The number of carbonyl (C=O) groups is 1. The Balaban J connectivity index is 1.81. The molecule has 24 heavy (non-hydrogen) atoms. The van der Waals surface area contributed by atoms with Crippen molar-refractivity contribution in [3.05, 3.63) is 71.5 Å². The summed E-state index contributed by atoms with van der Waals surface area (Å²) in [7, 11) is 0. The van der Waals surface area contributed by atoms with Gasteiger partial charge in [-0.25, -0.2) is 4.39 Å². The SMILES string of the molecule is O=C1CC(c2ccccc2)N(CC(O)c2cccc(F)c2)CCN1. The maximum absolute atomic E-state index is 13.4. The molecule has 2 aromatic carbocycles. The fraction of sp³-hybridized carbons (Fsp3) is 0.316. The summed E-state index contributed by atoms with van der Waals surface area (Å²) in [6.07, 6.45) is -0.458. The van der Waals surface area contributed by atoms with Crippen LogP contribution >= 0.6 is 0 Å². The van der Waals surface area contributed by atoms with Gasteiger partial charge in [-0.05, 0) is 23.3 Å². The maximum atomic E-state index is 13.4. The molecule has 1 saturated heterocycles. The fourth-order valence-corrected chi connectivity index (χ4v) is 3.14. The molecule has 0 aliphatic carbocycles. The van der Waals surface area contributed by atoms with Crippen LogP contribution in [-0.4, -0.2) is 35.5 Å². The highest BCUT2D eigenvalue weighted by molar-refractivity contribution is 5.77. The molecule has 1 aliphatic heterocycles. The molecule has 2 aromatic rings. The molecule has 0 spiro atoms. The van der Waals surface area contributed by atoms with Gasteiger partial charge in [0.2, 0.25) is 5.91 Å². The molecule has 5 heteroatoms. The number of benzene rings is 2. The summed E-state index contributed by atoms with van der Waals surface area (Å²) < 4.78 is 13.4. The maximum Gasteiger partial charge on any atom is 0.221 e. The van der Waals surface area contributed by atoms with Crippen LogP contribution in [0, 0.1) is 5.82 Å². The summed E-state index contributed by atoms with van der Waals surface area (Å²) in [4.78, 5) is 14.0. The third kappa shape index (κ3) is 3.99. The van der Waals surface area contributed by atoms with Crippen LogP contribution in [0.25, 0.3) is 0 Å². The van der Waals surface area contributed by atoms with Gasteiger partial charge in [-0.1, -0.05) is 42.5 Å². The van der Waals surface area contributed by atoms with Crippen LogP contribution in [-0.2, 0) is 4.79 Å². The van der Waals surface area contributed by atoms with Crippen molar-refractivity contribution in [2.45, 2.75) is 18.6 Å². The summed E-state index contributed by atoms with van der Waals surface area (Å²) in [6, 6.07) is 15.7. The van der Waals surface area contributed by atoms with Crippen LogP contribution in [0.4, 0.5) is 4.39 Å². The lowest BCUT2D eigenvalue weighted by atomic mass is 10.0. The van der Waals surface area contributed by atoms with E-state index in [-0.39, 0.29) is 17.8 Å². The highest BCUT2D eigenvalue weighted by atomic mass is 19.1. The van der Waals surface area contributed by atoms with E-state index in [0.29, 0.717) is 31.6 Å². The van der Waals surface area contributed by atoms with Crippen molar-refractivity contribution < 1.29 is 14.3 Å². The highest BCUT2D eigenvalue weighted by Crippen LogP contribution is 2.28. The van der Waals surface area contributed by atoms with Gasteiger partial charge in [0.1, 0.15) is 5.82 Å². The number of β-amino-alcohol motifs (C(OH)–C–C–N with tert-alkyl or cyclic N) is 1. The fourth-order valence-electron chi connectivity index (χ4n) is 3.14. The first kappa shape index (κ1) is 16.6. The smallest absolute Gasteiger partial charge is 0.221 e. The van der Waals surface area contributed by atoms with Gasteiger partial charge in [0.15, 0.2) is 0 Å². The van der Waals surface area contributed by atoms with Crippen LogP contribution in [0.2, 0.25) is 0 Å². The lowest BCUT2D eigenvalue weighted by Gasteiger charge is -2.31. The van der Waals surface area contributed by atoms with Crippen molar-refractivity contribution in [1.29, 1.82) is 0 Å². The van der Waals surface area contributed by atoms with E-state index in [1.54, 1.807) is 12.1 Å². The third-order valence-electron chi connectivity index (χ3n) is 4.37. The molecule has 0 radical (unpaired) electrons. The molecule has 3 rings (SSSR count). The van der Waals surface area contributed by atoms with E-state index in [1.165, 1.54) is 12.1 Å². The van der Waals surface area contributed by atoms with Crippen LogP contribution in [0.1, 0.15) is 29.7 Å². The molecule has 4 nitrogen and oxygen atoms in total. The van der Waals surface area contributed by atoms with Gasteiger partial charge in [-0.15, -0.1) is 0 Å². The molecule has 0 aromatic heterocycles. The molecule has 1 fully saturated rings. The number of carbonyl (C=O) groups excluding carboxylic acids is 1. The minimum Gasteiger partial charge on any atom is -0.387 e. The number of halogens is 1. The quantitative estimate of drug-likeness (QED) is 0.906. The van der Waals surface area contributed by atoms with Crippen molar-refractivity contribution in [2.75, 3.05) is 19.6 Å². The minimum absolute atomic E-state index is 0.00611. The molecule has 2 N–H and O–H groups in total. The average molecular weight is 328 g/mol. The Morgan fingerprint density at radius 1 is 1.21 bits per heavy atom. The first-order valence-corrected chi connectivity index (χ1v) is 8.12. The van der Waals surface area contributed by atoms with E-state index >= 15 is 0 Å². The van der Waals surface area contributed by atoms with Crippen molar-refractivity contribution in [3.63, 3.8) is 0 Å². The van der Waals surface area contributed by atoms with Gasteiger partial charge in [0.25, 0.3) is 0 Å². The van der Waals surface area contributed by atoms with Gasteiger partial charge in [-0.3, -0.25) is 9.69 Å². The summed E-state index contributed by atoms with van der Waals surface area (Å²) in [5, 5.41) is 13.4. The third-order valence-corrected chi connectivity index (χ3v) is 4.37. The van der Waals surface area contributed by atoms with Crippen LogP contribution in [0.5, 0.6) is 0 Å². The van der Waals surface area contributed by atoms with Gasteiger partial charge in [-0.2, -0.15) is 0 Å². The summed E-state index contributed by atoms with van der Waals surface area (Å²) in [5.41, 5.74) is 1.59. The average Bonchev–Trinajstić information content (AvgIpc) is 2.77. The summed E-state index contributed by atoms with van der Waals surface area (Å²) >= 11 is 0. The second-order valence-electron chi connectivity index (χ2n) is 6.05. The number of rotatable bonds is 4. The van der Waals surface area contributed by atoms with Gasteiger partial charge >= 0.3 is 0 Å². The molecule has 0 bridgehead atoms. The first-order chi connectivity index (χ1) is 11.6. The van der Waals surface area contributed by atoms with Crippen molar-refractivity contribution >= 4 is 5.91 Å². The Morgan fingerprint density at radius 2 is 2.00 bits per heavy atom. The summed E-state index contributed by atoms with van der Waals surface area (Å²) in [6.45, 7) is 1.52. The summed E-state index contributed by atoms with van der Waals surface area (Å²) in [5.74, 6) is -0.356. The Hall–Kier alpha value is -2.24. The first-order valence-electron chi connectivity index (χ1n) is 8.12. The molecule has 2 atom stereocenters. The lowest BCUT2D eigenvalue weighted by Crippen LogP contribution is -2.34. The zero-order valence-corrected chi connectivity index (χ0v) is 13.4. The minimum atomic E-state index is -0.805. The van der Waals surface area contributed by atoms with Gasteiger partial charge < -0.3 is 10.4 Å². The van der Waals surface area contributed by atoms with Crippen LogP contribution < -0.4 is 5.32 Å². The number of nitrogens with zero attached hydrogens (tertiary/aromatic N) is 1. The van der Waals surface area contributed by atoms with E-state index in [9.17, 15) is 14.3 Å². The highest BCUT2D eigenvalue weighted by Gasteiger charge is 2.28. The predicted molar refractivity (Wildman–Crippen MR) is 89.7 cm³/mol. The number of hydrogen-bond acceptors (Lipinski definition) is 3. The van der Waals surface area contributed by atoms with Gasteiger partial charge in [0.05, 0.1) is 6.10 Å². The van der Waals surface area contributed by atoms with Crippen molar-refractivity contribution in [1.82, 2.24) is 10.2 Å². The number of nitrogens with one attached hydrogen (secondary N) is 1. The second-order valence-corrected chi connectivity index (χ2v) is 6.05. The number of aliphatic hydroxyl groups is 1. The van der Waals surface area contributed by atoms with E-state index in [4.69, 9.17) is 0 Å². The van der Waals surface area contributed by atoms with Gasteiger partial charge in [0, 0.05) is 32.1 Å². The van der Waals surface area contributed by atoms with E-state index in [1.807, 2.05) is 30.3 Å². The topological polar surface area (TPSA) is 52.6 Å². The molecule has 0 saturated carbocycles. The lowest BCUT2D eigenvalue weighted by molar-refractivity contribution is -0.121. The molecular formula is C19H21FN2O2. The van der Waals surface area contributed by atoms with E-state index < -0.39 is 6.10 Å². The van der Waals surface area contributed by atoms with Crippen LogP contribution in [0.3, 0.4) is 0 Å². The number of amides is 1. The molecular weight excluding hydrogens is 307 g/mol. The standard InChI is InChI=1S/C19H21FN2O2/c20-16-8-4-7-15(11-16)18(23)13-22-10-9-21-19(24)12-17(22)14-5-2-1-3-6-14/h1-8,11,17-18,23H,9-10,12-13H2,(H,21,24). The zero-order chi connectivity index (χ0) is 16.9. The number of aliphatic hydroxyl groups excluding tert-OH is 1. The molecule has 1 aliphatic rings. The van der Waals surface area contributed by atoms with Crippen LogP contribution in [0.15, 0.2) is 54.6 Å². The Bertz CT molecular complexity index is 693. The normalized spacial score (nSPS) is 20.2. The second kappa shape index (κ2) is 7.55. The van der Waals surface area contributed by atoms with Crippen molar-refractivity contribution in [2.24, 2.45) is 0 Å². The molecule has 2 unspecified atom stereocenters. The monoisotopic (exact) mass is 328 g/mol. The molecule has 126 valence electrons. The van der Waals surface area contributed by atoms with E-state index in [0.717, 1.165) is 5.56 Å². The van der Waals surface area contributed by atoms with Crippen molar-refractivity contribution in [3.8, 4) is 0 Å². The molecule has 1 heterocycles. The van der Waals surface area contributed by atoms with E-state index in [2.05, 4.69) is 10.2 Å². The Kier molecular flexibility index (Phi) is 5.23. The molecule has 1 amide bonds. The predicted octanol–water partition coefficient (Wildman–Crippen LogP) is 2.42. The Morgan fingerprint density at radius 3 is 2.75 bits per heavy atom. The zero-order valence-electron chi connectivity index (χ0n) is 13.4. The Labute approximate surface area is 140 Å². The largest absolute Gasteiger partial charge is 0.387 e.